The maximum atomic E-state index is 15.7. The van der Waals surface area contributed by atoms with Gasteiger partial charge in [0, 0.05) is 42.2 Å². The third kappa shape index (κ3) is 4.75. The summed E-state index contributed by atoms with van der Waals surface area (Å²) in [6.07, 6.45) is 1.22. The van der Waals surface area contributed by atoms with E-state index in [4.69, 9.17) is 5.14 Å². The second-order valence-electron chi connectivity index (χ2n) is 9.43. The van der Waals surface area contributed by atoms with Crippen LogP contribution in [0.15, 0.2) is 83.0 Å². The minimum atomic E-state index is -4.28. The van der Waals surface area contributed by atoms with E-state index in [0.29, 0.717) is 13.1 Å². The number of halogens is 2. The van der Waals surface area contributed by atoms with Crippen molar-refractivity contribution in [1.29, 1.82) is 0 Å². The van der Waals surface area contributed by atoms with Crippen molar-refractivity contribution in [3.8, 4) is 16.8 Å². The fourth-order valence-corrected chi connectivity index (χ4v) is 5.77. The monoisotopic (exact) mass is 565 g/mol. The third-order valence-electron chi connectivity index (χ3n) is 6.92. The maximum absolute atomic E-state index is 15.7. The number of piperazine rings is 1. The van der Waals surface area contributed by atoms with Crippen LogP contribution in [-0.4, -0.2) is 54.5 Å². The van der Waals surface area contributed by atoms with E-state index in [2.05, 4.69) is 11.6 Å². The molecule has 1 amide bonds. The number of anilines is 1. The molecule has 12 heteroatoms. The van der Waals surface area contributed by atoms with Crippen molar-refractivity contribution in [3.63, 3.8) is 0 Å². The first-order valence-corrected chi connectivity index (χ1v) is 13.9. The van der Waals surface area contributed by atoms with Crippen molar-refractivity contribution >= 4 is 32.7 Å². The summed E-state index contributed by atoms with van der Waals surface area (Å²) in [5.74, 6) is -1.52. The number of benzene rings is 3. The number of hydrogen-bond acceptors (Lipinski definition) is 6. The van der Waals surface area contributed by atoms with E-state index in [1.165, 1.54) is 54.6 Å². The molecular formula is C28H25F2N5O4S. The Balaban J connectivity index is 1.81. The highest BCUT2D eigenvalue weighted by Crippen LogP contribution is 2.35. The minimum Gasteiger partial charge on any atom is -0.350 e. The molecule has 0 bridgehead atoms. The van der Waals surface area contributed by atoms with Crippen LogP contribution in [-0.2, 0) is 14.8 Å². The second kappa shape index (κ2) is 10.3. The number of fused-ring (bicyclic) bond motifs is 1. The zero-order valence-corrected chi connectivity index (χ0v) is 22.2. The third-order valence-corrected chi connectivity index (χ3v) is 7.88. The zero-order valence-electron chi connectivity index (χ0n) is 21.4. The summed E-state index contributed by atoms with van der Waals surface area (Å²) < 4.78 is 56.3. The van der Waals surface area contributed by atoms with Gasteiger partial charge in [-0.1, -0.05) is 36.9 Å². The van der Waals surface area contributed by atoms with E-state index < -0.39 is 27.3 Å². The SMILES string of the molecule is C=CC(=O)N1CCN(c2nc(=O)n(-c3ccccc3S(N)(=O)=O)c3cc(-c4ccccc4F)c(F)cc23)[C@@H](C)C1. The van der Waals surface area contributed by atoms with E-state index in [0.717, 1.165) is 10.6 Å². The van der Waals surface area contributed by atoms with Crippen molar-refractivity contribution in [1.82, 2.24) is 14.5 Å². The summed E-state index contributed by atoms with van der Waals surface area (Å²) in [5, 5.41) is 5.64. The molecular weight excluding hydrogens is 540 g/mol. The van der Waals surface area contributed by atoms with Crippen molar-refractivity contribution in [2.24, 2.45) is 5.14 Å². The van der Waals surface area contributed by atoms with E-state index in [1.54, 1.807) is 15.9 Å². The van der Waals surface area contributed by atoms with Crippen LogP contribution in [0.3, 0.4) is 0 Å². The largest absolute Gasteiger partial charge is 0.354 e. The fraction of sp³-hybridized carbons (Fsp3) is 0.179. The van der Waals surface area contributed by atoms with Crippen LogP contribution in [0.5, 0.6) is 0 Å². The number of para-hydroxylation sites is 1. The smallest absolute Gasteiger partial charge is 0.350 e. The number of hydrogen-bond donors (Lipinski definition) is 1. The molecule has 1 fully saturated rings. The lowest BCUT2D eigenvalue weighted by Gasteiger charge is -2.40. The predicted molar refractivity (Wildman–Crippen MR) is 148 cm³/mol. The van der Waals surface area contributed by atoms with Gasteiger partial charge >= 0.3 is 5.69 Å². The number of rotatable bonds is 5. The van der Waals surface area contributed by atoms with E-state index in [1.807, 2.05) is 6.92 Å². The van der Waals surface area contributed by atoms with Gasteiger partial charge in [-0.2, -0.15) is 4.98 Å². The predicted octanol–water partition coefficient (Wildman–Crippen LogP) is 3.20. The van der Waals surface area contributed by atoms with Gasteiger partial charge < -0.3 is 9.80 Å². The number of amides is 1. The summed E-state index contributed by atoms with van der Waals surface area (Å²) in [6, 6.07) is 13.4. The van der Waals surface area contributed by atoms with Crippen LogP contribution in [0.2, 0.25) is 0 Å². The summed E-state index contributed by atoms with van der Waals surface area (Å²) in [4.78, 5) is 33.1. The Hall–Kier alpha value is -4.42. The Labute approximate surface area is 228 Å². The lowest BCUT2D eigenvalue weighted by atomic mass is 10.0. The summed E-state index contributed by atoms with van der Waals surface area (Å²) in [7, 11) is -4.28. The highest BCUT2D eigenvalue weighted by Gasteiger charge is 2.30. The number of nitrogens with two attached hydrogens (primary N) is 1. The molecule has 3 aromatic carbocycles. The van der Waals surface area contributed by atoms with Crippen LogP contribution >= 0.6 is 0 Å². The normalized spacial score (nSPS) is 15.8. The molecule has 1 aliphatic heterocycles. The average Bonchev–Trinajstić information content (AvgIpc) is 2.92. The molecule has 1 aliphatic rings. The van der Waals surface area contributed by atoms with E-state index >= 15 is 4.39 Å². The van der Waals surface area contributed by atoms with Gasteiger partial charge in [-0.25, -0.2) is 27.1 Å². The van der Waals surface area contributed by atoms with Crippen molar-refractivity contribution < 1.29 is 22.0 Å². The van der Waals surface area contributed by atoms with Gasteiger partial charge in [-0.05, 0) is 43.3 Å². The first kappa shape index (κ1) is 27.2. The molecule has 1 aromatic heterocycles. The Morgan fingerprint density at radius 3 is 2.42 bits per heavy atom. The van der Waals surface area contributed by atoms with Gasteiger partial charge in [-0.3, -0.25) is 9.36 Å². The average molecular weight is 566 g/mol. The van der Waals surface area contributed by atoms with Crippen LogP contribution < -0.4 is 15.7 Å². The molecule has 2 heterocycles. The number of carbonyl (C=O) groups excluding carboxylic acids is 1. The first-order valence-electron chi connectivity index (χ1n) is 12.3. The Kier molecular flexibility index (Phi) is 6.98. The van der Waals surface area contributed by atoms with E-state index in [9.17, 15) is 22.4 Å². The van der Waals surface area contributed by atoms with Crippen molar-refractivity contribution in [3.05, 3.63) is 95.4 Å². The van der Waals surface area contributed by atoms with Crippen molar-refractivity contribution in [2.75, 3.05) is 24.5 Å². The topological polar surface area (TPSA) is 119 Å². The molecule has 0 saturated carbocycles. The van der Waals surface area contributed by atoms with Gasteiger partial charge in [0.2, 0.25) is 15.9 Å². The molecule has 2 N–H and O–H groups in total. The lowest BCUT2D eigenvalue weighted by Crippen LogP contribution is -2.54. The van der Waals surface area contributed by atoms with E-state index in [-0.39, 0.29) is 56.9 Å². The molecule has 1 atom stereocenters. The molecule has 40 heavy (non-hydrogen) atoms. The van der Waals surface area contributed by atoms with Crippen LogP contribution in [0.25, 0.3) is 27.7 Å². The van der Waals surface area contributed by atoms with Crippen LogP contribution in [0.1, 0.15) is 6.92 Å². The molecule has 9 nitrogen and oxygen atoms in total. The molecule has 4 aromatic rings. The van der Waals surface area contributed by atoms with Crippen LogP contribution in [0, 0.1) is 11.6 Å². The number of carbonyl (C=O) groups is 1. The Bertz CT molecular complexity index is 1840. The number of nitrogens with zero attached hydrogens (tertiary/aromatic N) is 4. The zero-order chi connectivity index (χ0) is 28.8. The quantitative estimate of drug-likeness (QED) is 0.372. The first-order chi connectivity index (χ1) is 19.0. The fourth-order valence-electron chi connectivity index (χ4n) is 5.05. The highest BCUT2D eigenvalue weighted by atomic mass is 32.2. The van der Waals surface area contributed by atoms with Gasteiger partial charge in [0.25, 0.3) is 0 Å². The Morgan fingerprint density at radius 2 is 1.75 bits per heavy atom. The number of primary sulfonamides is 1. The number of sulfonamides is 1. The molecule has 206 valence electrons. The molecule has 5 rings (SSSR count). The van der Waals surface area contributed by atoms with Gasteiger partial charge in [-0.15, -0.1) is 0 Å². The second-order valence-corrected chi connectivity index (χ2v) is 11.0. The van der Waals surface area contributed by atoms with Crippen LogP contribution in [0.4, 0.5) is 14.6 Å². The molecule has 0 spiro atoms. The Morgan fingerprint density at radius 1 is 1.05 bits per heavy atom. The summed E-state index contributed by atoms with van der Waals surface area (Å²) in [6.45, 7) is 6.26. The standard InChI is InChI=1S/C28H25F2N5O4S/c1-3-26(36)33-12-13-34(17(2)16-33)27-20-14-22(30)19(18-8-4-5-9-21(18)29)15-24(20)35(28(37)32-27)23-10-6-7-11-25(23)40(31,38)39/h3-11,14-15,17H,1,12-13,16H2,2H3,(H2,31,38,39)/t17-/m0/s1. The maximum Gasteiger partial charge on any atom is 0.354 e. The van der Waals surface area contributed by atoms with Gasteiger partial charge in [0.15, 0.2) is 0 Å². The minimum absolute atomic E-state index is 0.0380. The number of aromatic nitrogens is 2. The molecule has 0 unspecified atom stereocenters. The van der Waals surface area contributed by atoms with Gasteiger partial charge in [0.1, 0.15) is 22.3 Å². The highest BCUT2D eigenvalue weighted by molar-refractivity contribution is 7.89. The van der Waals surface area contributed by atoms with Gasteiger partial charge in [0.05, 0.1) is 11.2 Å². The molecule has 0 radical (unpaired) electrons. The molecule has 1 saturated heterocycles. The molecule has 0 aliphatic carbocycles. The van der Waals surface area contributed by atoms with Crippen molar-refractivity contribution in [2.45, 2.75) is 17.9 Å². The summed E-state index contributed by atoms with van der Waals surface area (Å²) >= 11 is 0. The lowest BCUT2D eigenvalue weighted by molar-refractivity contribution is -0.126. The summed E-state index contributed by atoms with van der Waals surface area (Å²) in [5.41, 5.74) is -0.994.